The molecule has 5 amide bonds. The van der Waals surface area contributed by atoms with E-state index in [2.05, 4.69) is 36.7 Å². The van der Waals surface area contributed by atoms with Crippen molar-refractivity contribution >= 4 is 46.2 Å². The Morgan fingerprint density at radius 2 is 1.53 bits per heavy atom. The maximum Gasteiger partial charge on any atom is 0.336 e. The van der Waals surface area contributed by atoms with Gasteiger partial charge in [0.1, 0.15) is 41.7 Å². The van der Waals surface area contributed by atoms with Gasteiger partial charge in [0.05, 0.1) is 37.3 Å². The van der Waals surface area contributed by atoms with Gasteiger partial charge in [-0.15, -0.1) is 5.10 Å². The lowest BCUT2D eigenvalue weighted by Gasteiger charge is -2.14. The van der Waals surface area contributed by atoms with Gasteiger partial charge in [-0.25, -0.2) is 4.79 Å². The Morgan fingerprint density at radius 3 is 2.33 bits per heavy atom. The van der Waals surface area contributed by atoms with Crippen molar-refractivity contribution in [2.75, 3.05) is 59.2 Å². The summed E-state index contributed by atoms with van der Waals surface area (Å²) < 4.78 is 29.9. The molecule has 0 bridgehead atoms. The molecule has 0 aliphatic heterocycles. The van der Waals surface area contributed by atoms with E-state index in [-0.39, 0.29) is 55.3 Å². The molecule has 3 aromatic carbocycles. The number of primary amides is 1. The highest BCUT2D eigenvalue weighted by Crippen LogP contribution is 2.24. The number of carbonyl (C=O) groups is 5. The number of unbranched alkanes of at least 4 members (excludes halogenated alkanes) is 2. The molecule has 0 aliphatic rings. The summed E-state index contributed by atoms with van der Waals surface area (Å²) in [6, 6.07) is 18.5. The zero-order valence-electron chi connectivity index (χ0n) is 41.3. The zero-order valence-corrected chi connectivity index (χ0v) is 41.3. The third-order valence-electron chi connectivity index (χ3n) is 11.0. The predicted octanol–water partition coefficient (Wildman–Crippen LogP) is 4.36. The van der Waals surface area contributed by atoms with Gasteiger partial charge in [-0.2, -0.15) is 0 Å². The van der Waals surface area contributed by atoms with E-state index in [1.165, 1.54) is 13.0 Å². The number of aromatic nitrogens is 3. The number of hydrogen-bond donors (Lipinski definition) is 5. The maximum atomic E-state index is 13.6. The lowest BCUT2D eigenvalue weighted by Crippen LogP contribution is -2.29. The molecule has 0 fully saturated rings. The summed E-state index contributed by atoms with van der Waals surface area (Å²) in [4.78, 5) is 78.2. The van der Waals surface area contributed by atoms with E-state index in [4.69, 9.17) is 33.9 Å². The van der Waals surface area contributed by atoms with Crippen molar-refractivity contribution in [2.24, 2.45) is 16.8 Å². The minimum absolute atomic E-state index is 0.127. The van der Waals surface area contributed by atoms with E-state index in [1.54, 1.807) is 85.4 Å². The number of fused-ring (bicyclic) bond motifs is 1. The van der Waals surface area contributed by atoms with Crippen LogP contribution in [0.4, 0.5) is 0 Å². The highest BCUT2D eigenvalue weighted by Gasteiger charge is 2.16. The number of hydrogen-bond acceptors (Lipinski definition) is 15. The Bertz CT molecular complexity index is 2680. The summed E-state index contributed by atoms with van der Waals surface area (Å²) in [5.74, 6) is -0.346. The van der Waals surface area contributed by atoms with Gasteiger partial charge in [0.25, 0.3) is 17.7 Å². The lowest BCUT2D eigenvalue weighted by atomic mass is 10.0. The van der Waals surface area contributed by atoms with Crippen LogP contribution < -0.4 is 46.8 Å². The molecule has 0 saturated heterocycles. The topological polar surface area (TPSA) is 279 Å². The fourth-order valence-electron chi connectivity index (χ4n) is 6.93. The van der Waals surface area contributed by atoms with Gasteiger partial charge >= 0.3 is 5.63 Å². The first-order valence-corrected chi connectivity index (χ1v) is 23.9. The van der Waals surface area contributed by atoms with E-state index in [9.17, 15) is 28.8 Å². The Morgan fingerprint density at radius 1 is 0.764 bits per heavy atom. The van der Waals surface area contributed by atoms with Crippen molar-refractivity contribution in [1.29, 1.82) is 0 Å². The number of benzene rings is 3. The first kappa shape index (κ1) is 55.1. The van der Waals surface area contributed by atoms with Crippen LogP contribution in [0.2, 0.25) is 0 Å². The molecule has 1 atom stereocenters. The number of amides is 5. The first-order valence-electron chi connectivity index (χ1n) is 23.9. The van der Waals surface area contributed by atoms with E-state index in [0.717, 1.165) is 17.4 Å². The molecule has 386 valence electrons. The summed E-state index contributed by atoms with van der Waals surface area (Å²) in [5, 5.41) is 24.7. The van der Waals surface area contributed by atoms with Crippen LogP contribution in [-0.4, -0.2) is 109 Å². The van der Waals surface area contributed by atoms with Crippen LogP contribution in [0.1, 0.15) is 96.8 Å². The molecule has 0 aliphatic carbocycles. The Hall–Kier alpha value is -7.81. The van der Waals surface area contributed by atoms with Crippen LogP contribution in [-0.2, 0) is 37.1 Å². The zero-order chi connectivity index (χ0) is 51.7. The number of nitrogens with zero attached hydrogens (tertiary/aromatic N) is 4. The Labute approximate surface area is 417 Å². The molecule has 2 aromatic heterocycles. The second-order valence-electron chi connectivity index (χ2n) is 16.9. The summed E-state index contributed by atoms with van der Waals surface area (Å²) in [6.07, 6.45) is 5.55. The number of nitrogens with one attached hydrogen (secondary N) is 4. The summed E-state index contributed by atoms with van der Waals surface area (Å²) >= 11 is 0. The van der Waals surface area contributed by atoms with Crippen LogP contribution >= 0.6 is 0 Å². The van der Waals surface area contributed by atoms with Crippen molar-refractivity contribution in [3.8, 4) is 17.2 Å². The largest absolute Gasteiger partial charge is 0.493 e. The van der Waals surface area contributed by atoms with Gasteiger partial charge in [-0.3, -0.25) is 28.7 Å². The van der Waals surface area contributed by atoms with Crippen molar-refractivity contribution in [2.45, 2.75) is 79.4 Å². The summed E-state index contributed by atoms with van der Waals surface area (Å²) in [7, 11) is 0. The molecular formula is C51H65N9O12. The number of ether oxygens (including phenoxy) is 4. The van der Waals surface area contributed by atoms with Crippen molar-refractivity contribution in [1.82, 2.24) is 36.3 Å². The summed E-state index contributed by atoms with van der Waals surface area (Å²) in [5.41, 5.74) is 8.65. The standard InChI is InChI=1S/C51H65N9O12/c1-34(49(52)64)11-5-6-19-55-51(66)44-29-38(36(3)58-71-24-8-7-18-54-47(62)33-70-42-15-16-43-35(2)27-48(63)72-46(43)30-42)14-17-45(44)68-23-10-22-60-31-40(57-59-60)32-69-41-13-9-12-39(28-41)50(65)56-21-26-67-25-20-53-37(4)61/h9,12-17,27-31,34H,5-8,10-11,18-26,32-33H2,1-4H3,(H2,52,64)(H,53,61)(H,54,62)(H,55,66)(H,56,65)/b58-36+/t34-/m0/s1. The highest BCUT2D eigenvalue weighted by atomic mass is 16.6. The molecule has 21 nitrogen and oxygen atoms in total. The fraction of sp³-hybridized carbons (Fsp3) is 0.431. The second kappa shape index (κ2) is 29.4. The number of rotatable bonds is 32. The SMILES string of the molecule is CC(=O)NCCOCCNC(=O)c1cccc(OCc2cn(CCCOc3ccc(/C(C)=N/OCCCCNC(=O)COc4ccc5c(C)cc(=O)oc5c4)cc3C(=O)NCCCC[C@H](C)C(N)=O)nn2)c1. The molecule has 6 N–H and O–H groups in total. The molecule has 0 saturated carbocycles. The minimum Gasteiger partial charge on any atom is -0.493 e. The monoisotopic (exact) mass is 995 g/mol. The van der Waals surface area contributed by atoms with Crippen LogP contribution in [0.3, 0.4) is 0 Å². The molecule has 0 unspecified atom stereocenters. The van der Waals surface area contributed by atoms with Crippen molar-refractivity contribution < 1.29 is 52.2 Å². The third kappa shape index (κ3) is 19.2. The quantitative estimate of drug-likeness (QED) is 0.0173. The van der Waals surface area contributed by atoms with Crippen LogP contribution in [0.25, 0.3) is 11.0 Å². The molecule has 72 heavy (non-hydrogen) atoms. The fourth-order valence-corrected chi connectivity index (χ4v) is 6.93. The summed E-state index contributed by atoms with van der Waals surface area (Å²) in [6.45, 7) is 9.93. The van der Waals surface area contributed by atoms with E-state index in [0.29, 0.717) is 136 Å². The number of oxime groups is 1. The smallest absolute Gasteiger partial charge is 0.336 e. The lowest BCUT2D eigenvalue weighted by molar-refractivity contribution is -0.123. The number of nitrogens with two attached hydrogens (primary N) is 1. The normalized spacial score (nSPS) is 11.6. The third-order valence-corrected chi connectivity index (χ3v) is 11.0. The second-order valence-corrected chi connectivity index (χ2v) is 16.9. The molecule has 21 heteroatoms. The van der Waals surface area contributed by atoms with Gasteiger partial charge in [-0.1, -0.05) is 29.8 Å². The number of aryl methyl sites for hydroxylation is 2. The maximum absolute atomic E-state index is 13.6. The molecule has 0 radical (unpaired) electrons. The van der Waals surface area contributed by atoms with Gasteiger partial charge in [0, 0.05) is 80.6 Å². The number of carbonyl (C=O) groups excluding carboxylic acids is 5. The molecular weight excluding hydrogens is 931 g/mol. The van der Waals surface area contributed by atoms with E-state index >= 15 is 0 Å². The van der Waals surface area contributed by atoms with Gasteiger partial charge in [-0.05, 0) is 93.6 Å². The van der Waals surface area contributed by atoms with Crippen molar-refractivity contribution in [3.05, 3.63) is 111 Å². The minimum atomic E-state index is -0.454. The van der Waals surface area contributed by atoms with Crippen LogP contribution in [0, 0.1) is 12.8 Å². The molecule has 2 heterocycles. The predicted molar refractivity (Wildman–Crippen MR) is 267 cm³/mol. The molecule has 0 spiro atoms. The van der Waals surface area contributed by atoms with E-state index < -0.39 is 5.63 Å². The van der Waals surface area contributed by atoms with E-state index in [1.807, 2.05) is 6.92 Å². The Kier molecular flexibility index (Phi) is 22.5. The molecule has 5 rings (SSSR count). The highest BCUT2D eigenvalue weighted by molar-refractivity contribution is 6.03. The van der Waals surface area contributed by atoms with Crippen molar-refractivity contribution in [3.63, 3.8) is 0 Å². The Balaban J connectivity index is 1.05. The van der Waals surface area contributed by atoms with Gasteiger partial charge in [0.2, 0.25) is 11.8 Å². The average Bonchev–Trinajstić information content (AvgIpc) is 3.82. The van der Waals surface area contributed by atoms with Gasteiger partial charge in [0.15, 0.2) is 6.61 Å². The molecule has 5 aromatic rings. The van der Waals surface area contributed by atoms with Crippen LogP contribution in [0.15, 0.2) is 87.3 Å². The first-order chi connectivity index (χ1) is 34.7. The van der Waals surface area contributed by atoms with Crippen LogP contribution in [0.5, 0.6) is 17.2 Å². The average molecular weight is 996 g/mol. The van der Waals surface area contributed by atoms with Gasteiger partial charge < -0.3 is 55.2 Å².